The number of halogens is 1. The van der Waals surface area contributed by atoms with Crippen LogP contribution in [0.2, 0.25) is 0 Å². The van der Waals surface area contributed by atoms with E-state index in [2.05, 4.69) is 41.1 Å². The zero-order valence-electron chi connectivity index (χ0n) is 7.05. The summed E-state index contributed by atoms with van der Waals surface area (Å²) in [5.74, 6) is 0.549. The quantitative estimate of drug-likeness (QED) is 0.782. The molecule has 1 aromatic rings. The summed E-state index contributed by atoms with van der Waals surface area (Å²) >= 11 is 3.53. The van der Waals surface area contributed by atoms with Gasteiger partial charge in [0.05, 0.1) is 0 Å². The van der Waals surface area contributed by atoms with Crippen LogP contribution in [0.15, 0.2) is 28.7 Å². The minimum atomic E-state index is 0.0316. The highest BCUT2D eigenvalue weighted by molar-refractivity contribution is 9.10. The van der Waals surface area contributed by atoms with Gasteiger partial charge in [-0.25, -0.2) is 0 Å². The van der Waals surface area contributed by atoms with Crippen LogP contribution in [0, 0.1) is 0 Å². The molecule has 2 heteroatoms. The normalized spacial score (nSPS) is 33.4. The molecule has 1 aliphatic carbocycles. The van der Waals surface area contributed by atoms with Gasteiger partial charge in [-0.3, -0.25) is 0 Å². The number of nitrogens with two attached hydrogens (primary N) is 1. The van der Waals surface area contributed by atoms with Gasteiger partial charge >= 0.3 is 0 Å². The summed E-state index contributed by atoms with van der Waals surface area (Å²) in [5, 5.41) is 0. The third kappa shape index (κ3) is 1.29. The van der Waals surface area contributed by atoms with Gasteiger partial charge in [0.25, 0.3) is 0 Å². The van der Waals surface area contributed by atoms with Gasteiger partial charge in [0.15, 0.2) is 0 Å². The Bertz CT molecular complexity index is 306. The van der Waals surface area contributed by atoms with Crippen LogP contribution in [-0.4, -0.2) is 5.54 Å². The van der Waals surface area contributed by atoms with Gasteiger partial charge in [-0.2, -0.15) is 0 Å². The van der Waals surface area contributed by atoms with E-state index in [4.69, 9.17) is 5.73 Å². The largest absolute Gasteiger partial charge is 0.325 e. The van der Waals surface area contributed by atoms with Gasteiger partial charge in [0.2, 0.25) is 0 Å². The van der Waals surface area contributed by atoms with Crippen molar-refractivity contribution < 1.29 is 0 Å². The minimum Gasteiger partial charge on any atom is -0.325 e. The molecule has 2 unspecified atom stereocenters. The number of benzene rings is 1. The molecule has 1 fully saturated rings. The Balaban J connectivity index is 2.31. The van der Waals surface area contributed by atoms with Crippen LogP contribution >= 0.6 is 15.9 Å². The molecule has 0 bridgehead atoms. The van der Waals surface area contributed by atoms with E-state index in [1.165, 1.54) is 10.0 Å². The zero-order chi connectivity index (χ0) is 8.77. The van der Waals surface area contributed by atoms with E-state index < -0.39 is 0 Å². The summed E-state index contributed by atoms with van der Waals surface area (Å²) < 4.78 is 1.18. The first kappa shape index (κ1) is 8.27. The van der Waals surface area contributed by atoms with Crippen LogP contribution in [0.4, 0.5) is 0 Å². The minimum absolute atomic E-state index is 0.0316. The molecule has 1 aliphatic rings. The topological polar surface area (TPSA) is 26.0 Å². The Morgan fingerprint density at radius 1 is 1.50 bits per heavy atom. The summed E-state index contributed by atoms with van der Waals surface area (Å²) in [6, 6.07) is 8.31. The van der Waals surface area contributed by atoms with Crippen LogP contribution in [0.5, 0.6) is 0 Å². The Hall–Kier alpha value is -0.340. The molecule has 64 valence electrons. The van der Waals surface area contributed by atoms with E-state index in [9.17, 15) is 0 Å². The lowest BCUT2D eigenvalue weighted by Crippen LogP contribution is -2.18. The first-order valence-electron chi connectivity index (χ1n) is 4.14. The summed E-state index contributed by atoms with van der Waals surface area (Å²) in [6.45, 7) is 2.11. The van der Waals surface area contributed by atoms with Crippen LogP contribution in [0.25, 0.3) is 0 Å². The first-order valence-corrected chi connectivity index (χ1v) is 4.94. The molecule has 12 heavy (non-hydrogen) atoms. The molecule has 1 nitrogen and oxygen atoms in total. The Labute approximate surface area is 81.1 Å². The fourth-order valence-electron chi connectivity index (χ4n) is 1.60. The first-order chi connectivity index (χ1) is 5.61. The van der Waals surface area contributed by atoms with E-state index in [-0.39, 0.29) is 5.54 Å². The highest BCUT2D eigenvalue weighted by Gasteiger charge is 2.47. The maximum atomic E-state index is 5.99. The van der Waals surface area contributed by atoms with Crippen molar-refractivity contribution in [2.75, 3.05) is 0 Å². The van der Waals surface area contributed by atoms with Gasteiger partial charge in [-0.15, -0.1) is 0 Å². The van der Waals surface area contributed by atoms with Crippen LogP contribution in [0.3, 0.4) is 0 Å². The van der Waals surface area contributed by atoms with Crippen molar-refractivity contribution in [2.45, 2.75) is 24.8 Å². The van der Waals surface area contributed by atoms with E-state index in [0.29, 0.717) is 5.92 Å². The van der Waals surface area contributed by atoms with Gasteiger partial charge < -0.3 is 5.73 Å². The van der Waals surface area contributed by atoms with Gasteiger partial charge in [0, 0.05) is 15.9 Å². The van der Waals surface area contributed by atoms with Crippen molar-refractivity contribution in [2.24, 2.45) is 5.73 Å². The van der Waals surface area contributed by atoms with Crippen LogP contribution in [-0.2, 0) is 0 Å². The summed E-state index contributed by atoms with van der Waals surface area (Å²) in [4.78, 5) is 0. The molecular formula is C10H12BrN. The number of rotatable bonds is 1. The average Bonchev–Trinajstić information content (AvgIpc) is 2.61. The van der Waals surface area contributed by atoms with Crippen molar-refractivity contribution >= 4 is 15.9 Å². The SMILES string of the molecule is CC1(N)CC1c1ccccc1Br. The average molecular weight is 226 g/mol. The number of hydrogen-bond acceptors (Lipinski definition) is 1. The summed E-state index contributed by atoms with van der Waals surface area (Å²) in [6.07, 6.45) is 1.11. The van der Waals surface area contributed by atoms with Gasteiger partial charge in [0.1, 0.15) is 0 Å². The molecule has 0 amide bonds. The van der Waals surface area contributed by atoms with Crippen molar-refractivity contribution in [3.05, 3.63) is 34.3 Å². The predicted octanol–water partition coefficient (Wildman–Crippen LogP) is 2.65. The fourth-order valence-corrected chi connectivity index (χ4v) is 2.16. The fraction of sp³-hybridized carbons (Fsp3) is 0.400. The highest BCUT2D eigenvalue weighted by atomic mass is 79.9. The van der Waals surface area contributed by atoms with Crippen molar-refractivity contribution in [1.82, 2.24) is 0 Å². The molecule has 0 spiro atoms. The molecule has 0 radical (unpaired) electrons. The molecule has 0 heterocycles. The molecular weight excluding hydrogens is 214 g/mol. The molecule has 2 rings (SSSR count). The second-order valence-electron chi connectivity index (χ2n) is 3.78. The van der Waals surface area contributed by atoms with E-state index in [1.807, 2.05) is 6.07 Å². The van der Waals surface area contributed by atoms with E-state index in [0.717, 1.165) is 6.42 Å². The molecule has 2 atom stereocenters. The third-order valence-electron chi connectivity index (χ3n) is 2.56. The van der Waals surface area contributed by atoms with Crippen molar-refractivity contribution in [1.29, 1.82) is 0 Å². The zero-order valence-corrected chi connectivity index (χ0v) is 8.64. The monoisotopic (exact) mass is 225 g/mol. The van der Waals surface area contributed by atoms with Crippen LogP contribution < -0.4 is 5.73 Å². The summed E-state index contributed by atoms with van der Waals surface area (Å²) in [7, 11) is 0. The van der Waals surface area contributed by atoms with Crippen molar-refractivity contribution in [3.8, 4) is 0 Å². The lowest BCUT2D eigenvalue weighted by Gasteiger charge is -2.05. The Morgan fingerprint density at radius 3 is 2.58 bits per heavy atom. The van der Waals surface area contributed by atoms with E-state index >= 15 is 0 Å². The molecule has 0 aliphatic heterocycles. The molecule has 1 aromatic carbocycles. The molecule has 0 saturated heterocycles. The Kier molecular flexibility index (Phi) is 1.77. The maximum Gasteiger partial charge on any atom is 0.0210 e. The van der Waals surface area contributed by atoms with Crippen LogP contribution in [0.1, 0.15) is 24.8 Å². The standard InChI is InChI=1S/C10H12BrN/c1-10(12)6-8(10)7-4-2-3-5-9(7)11/h2-5,8H,6,12H2,1H3. The summed E-state index contributed by atoms with van der Waals surface area (Å²) in [5.41, 5.74) is 7.37. The van der Waals surface area contributed by atoms with Crippen molar-refractivity contribution in [3.63, 3.8) is 0 Å². The smallest absolute Gasteiger partial charge is 0.0210 e. The lowest BCUT2D eigenvalue weighted by molar-refractivity contribution is 0.727. The predicted molar refractivity (Wildman–Crippen MR) is 54.1 cm³/mol. The van der Waals surface area contributed by atoms with Gasteiger partial charge in [-0.1, -0.05) is 34.1 Å². The third-order valence-corrected chi connectivity index (χ3v) is 3.28. The molecule has 1 saturated carbocycles. The molecule has 2 N–H and O–H groups in total. The highest BCUT2D eigenvalue weighted by Crippen LogP contribution is 2.50. The Morgan fingerprint density at radius 2 is 2.08 bits per heavy atom. The second kappa shape index (κ2) is 2.57. The lowest BCUT2D eigenvalue weighted by atomic mass is 10.1. The maximum absolute atomic E-state index is 5.99. The second-order valence-corrected chi connectivity index (χ2v) is 4.64. The molecule has 0 aromatic heterocycles. The number of hydrogen-bond donors (Lipinski definition) is 1. The van der Waals surface area contributed by atoms with Gasteiger partial charge in [-0.05, 0) is 25.0 Å². The van der Waals surface area contributed by atoms with E-state index in [1.54, 1.807) is 0 Å².